The van der Waals surface area contributed by atoms with Gasteiger partial charge in [-0.05, 0) is 38.0 Å². The molecular formula is C11H22O. The first-order valence-corrected chi connectivity index (χ1v) is 5.45. The monoisotopic (exact) mass is 170 g/mol. The lowest BCUT2D eigenvalue weighted by atomic mass is 9.68. The molecule has 0 aromatic carbocycles. The molecule has 2 rings (SSSR count). The third-order valence-corrected chi connectivity index (χ3v) is 2.88. The Hall–Kier alpha value is -0.0400. The Labute approximate surface area is 76.5 Å². The summed E-state index contributed by atoms with van der Waals surface area (Å²) in [7, 11) is 0. The van der Waals surface area contributed by atoms with Crippen molar-refractivity contribution in [2.24, 2.45) is 5.92 Å². The van der Waals surface area contributed by atoms with E-state index in [1.807, 2.05) is 13.8 Å². The van der Waals surface area contributed by atoms with Crippen LogP contribution in [0.2, 0.25) is 0 Å². The summed E-state index contributed by atoms with van der Waals surface area (Å²) in [4.78, 5) is 0. The maximum absolute atomic E-state index is 5.77. The Bertz CT molecular complexity index is 109. The van der Waals surface area contributed by atoms with Crippen LogP contribution >= 0.6 is 0 Å². The summed E-state index contributed by atoms with van der Waals surface area (Å²) >= 11 is 0. The molecule has 2 aliphatic rings. The molecule has 12 heavy (non-hydrogen) atoms. The van der Waals surface area contributed by atoms with E-state index >= 15 is 0 Å². The molecule has 1 spiro atoms. The van der Waals surface area contributed by atoms with Crippen LogP contribution in [0.25, 0.3) is 0 Å². The fourth-order valence-corrected chi connectivity index (χ4v) is 2.44. The summed E-state index contributed by atoms with van der Waals surface area (Å²) < 4.78 is 5.77. The topological polar surface area (TPSA) is 9.23 Å². The lowest BCUT2D eigenvalue weighted by molar-refractivity contribution is -0.149. The van der Waals surface area contributed by atoms with E-state index < -0.39 is 0 Å². The molecule has 0 N–H and O–H groups in total. The number of ether oxygens (including phenoxy) is 1. The highest BCUT2D eigenvalue weighted by atomic mass is 16.5. The largest absolute Gasteiger partial charge is 0.375 e. The second kappa shape index (κ2) is 4.27. The van der Waals surface area contributed by atoms with Gasteiger partial charge in [0.1, 0.15) is 0 Å². The average Bonchev–Trinajstić information content (AvgIpc) is 2.08. The molecule has 1 heteroatoms. The Morgan fingerprint density at radius 3 is 2.25 bits per heavy atom. The van der Waals surface area contributed by atoms with E-state index in [0.29, 0.717) is 5.60 Å². The van der Waals surface area contributed by atoms with Crippen LogP contribution in [-0.4, -0.2) is 12.2 Å². The van der Waals surface area contributed by atoms with Gasteiger partial charge in [-0.3, -0.25) is 0 Å². The summed E-state index contributed by atoms with van der Waals surface area (Å²) in [5.74, 6) is 0.929. The summed E-state index contributed by atoms with van der Waals surface area (Å²) in [6, 6.07) is 0. The molecule has 0 aromatic heterocycles. The maximum Gasteiger partial charge on any atom is 0.0687 e. The molecule has 0 unspecified atom stereocenters. The third kappa shape index (κ3) is 2.01. The molecule has 1 aliphatic carbocycles. The predicted molar refractivity (Wildman–Crippen MR) is 52.3 cm³/mol. The van der Waals surface area contributed by atoms with Crippen LogP contribution < -0.4 is 0 Å². The van der Waals surface area contributed by atoms with E-state index in [-0.39, 0.29) is 0 Å². The Morgan fingerprint density at radius 1 is 1.17 bits per heavy atom. The minimum atomic E-state index is 0.373. The Balaban J connectivity index is 0.000000336. The first-order valence-electron chi connectivity index (χ1n) is 5.45. The zero-order valence-corrected chi connectivity index (χ0v) is 8.73. The molecule has 1 aliphatic heterocycles. The van der Waals surface area contributed by atoms with Crippen LogP contribution in [-0.2, 0) is 4.74 Å². The van der Waals surface area contributed by atoms with Gasteiger partial charge in [-0.15, -0.1) is 0 Å². The van der Waals surface area contributed by atoms with E-state index in [9.17, 15) is 0 Å². The van der Waals surface area contributed by atoms with Gasteiger partial charge in [0.05, 0.1) is 5.60 Å². The molecule has 0 atom stereocenters. The normalized spacial score (nSPS) is 39.8. The van der Waals surface area contributed by atoms with Crippen molar-refractivity contribution < 1.29 is 4.74 Å². The fraction of sp³-hybridized carbons (Fsp3) is 1.00. The molecule has 1 heterocycles. The van der Waals surface area contributed by atoms with Crippen LogP contribution in [0.3, 0.4) is 0 Å². The summed E-state index contributed by atoms with van der Waals surface area (Å²) in [5, 5.41) is 0. The molecular weight excluding hydrogens is 148 g/mol. The maximum atomic E-state index is 5.77. The highest BCUT2D eigenvalue weighted by molar-refractivity contribution is 4.95. The number of hydrogen-bond donors (Lipinski definition) is 0. The lowest BCUT2D eigenvalue weighted by Gasteiger charge is -2.48. The molecule has 1 nitrogen and oxygen atoms in total. The summed E-state index contributed by atoms with van der Waals surface area (Å²) in [6.07, 6.45) is 6.67. The van der Waals surface area contributed by atoms with Gasteiger partial charge in [-0.25, -0.2) is 0 Å². The minimum absolute atomic E-state index is 0.373. The van der Waals surface area contributed by atoms with Gasteiger partial charge in [0.25, 0.3) is 0 Å². The third-order valence-electron chi connectivity index (χ3n) is 2.88. The van der Waals surface area contributed by atoms with Crippen molar-refractivity contribution in [3.8, 4) is 0 Å². The van der Waals surface area contributed by atoms with Crippen LogP contribution in [0.4, 0.5) is 0 Å². The van der Waals surface area contributed by atoms with Crippen molar-refractivity contribution in [2.45, 2.75) is 58.5 Å². The van der Waals surface area contributed by atoms with Crippen LogP contribution in [0.1, 0.15) is 52.9 Å². The van der Waals surface area contributed by atoms with Gasteiger partial charge in [0.2, 0.25) is 0 Å². The molecule has 0 bridgehead atoms. The average molecular weight is 170 g/mol. The first kappa shape index (κ1) is 10.0. The molecule has 1 saturated carbocycles. The second-order valence-corrected chi connectivity index (χ2v) is 4.00. The Kier molecular flexibility index (Phi) is 3.57. The fourth-order valence-electron chi connectivity index (χ4n) is 2.44. The van der Waals surface area contributed by atoms with Crippen molar-refractivity contribution in [3.05, 3.63) is 0 Å². The van der Waals surface area contributed by atoms with Gasteiger partial charge in [-0.1, -0.05) is 20.8 Å². The molecule has 0 radical (unpaired) electrons. The lowest BCUT2D eigenvalue weighted by Crippen LogP contribution is -2.47. The van der Waals surface area contributed by atoms with E-state index in [0.717, 1.165) is 12.5 Å². The van der Waals surface area contributed by atoms with Gasteiger partial charge in [0, 0.05) is 6.61 Å². The summed E-state index contributed by atoms with van der Waals surface area (Å²) in [5.41, 5.74) is 0.373. The zero-order chi connectivity index (χ0) is 9.03. The van der Waals surface area contributed by atoms with Crippen LogP contribution in [0.15, 0.2) is 0 Å². The second-order valence-electron chi connectivity index (χ2n) is 4.00. The predicted octanol–water partition coefficient (Wildman–Crippen LogP) is 3.38. The number of hydrogen-bond acceptors (Lipinski definition) is 1. The smallest absolute Gasteiger partial charge is 0.0687 e. The van der Waals surface area contributed by atoms with Crippen molar-refractivity contribution in [1.29, 1.82) is 0 Å². The zero-order valence-electron chi connectivity index (χ0n) is 8.73. The molecule has 0 aromatic rings. The molecule has 2 fully saturated rings. The van der Waals surface area contributed by atoms with Gasteiger partial charge in [-0.2, -0.15) is 0 Å². The first-order chi connectivity index (χ1) is 5.81. The van der Waals surface area contributed by atoms with Crippen molar-refractivity contribution in [1.82, 2.24) is 0 Å². The van der Waals surface area contributed by atoms with Crippen LogP contribution in [0.5, 0.6) is 0 Å². The Morgan fingerprint density at radius 2 is 1.83 bits per heavy atom. The number of rotatable bonds is 0. The van der Waals surface area contributed by atoms with Gasteiger partial charge >= 0.3 is 0 Å². The quantitative estimate of drug-likeness (QED) is 0.541. The van der Waals surface area contributed by atoms with Gasteiger partial charge < -0.3 is 4.74 Å². The summed E-state index contributed by atoms with van der Waals surface area (Å²) in [6.45, 7) is 7.34. The molecule has 0 amide bonds. The van der Waals surface area contributed by atoms with E-state index in [2.05, 4.69) is 6.92 Å². The van der Waals surface area contributed by atoms with E-state index in [1.54, 1.807) is 0 Å². The van der Waals surface area contributed by atoms with Gasteiger partial charge in [0.15, 0.2) is 0 Å². The van der Waals surface area contributed by atoms with E-state index in [4.69, 9.17) is 4.74 Å². The van der Waals surface area contributed by atoms with Crippen LogP contribution in [0, 0.1) is 5.92 Å². The molecule has 72 valence electrons. The van der Waals surface area contributed by atoms with E-state index in [1.165, 1.54) is 32.1 Å². The van der Waals surface area contributed by atoms with Crippen molar-refractivity contribution >= 4 is 0 Å². The standard InChI is InChI=1S/C9H16O.C2H6/c1-8-6-9(7-8)4-2-3-5-10-9;1-2/h8H,2-7H2,1H3;1-2H3. The molecule has 1 saturated heterocycles. The SMILES string of the molecule is CC.CC1CC2(CCCCO2)C1. The van der Waals surface area contributed by atoms with Crippen molar-refractivity contribution in [3.63, 3.8) is 0 Å². The van der Waals surface area contributed by atoms with Crippen molar-refractivity contribution in [2.75, 3.05) is 6.61 Å². The minimum Gasteiger partial charge on any atom is -0.375 e. The highest BCUT2D eigenvalue weighted by Gasteiger charge is 2.43. The highest BCUT2D eigenvalue weighted by Crippen LogP contribution is 2.45.